The second-order valence-corrected chi connectivity index (χ2v) is 3.82. The topological polar surface area (TPSA) is 26.0 Å². The van der Waals surface area contributed by atoms with Crippen molar-refractivity contribution in [3.63, 3.8) is 0 Å². The molecule has 72 valence electrons. The predicted octanol–water partition coefficient (Wildman–Crippen LogP) is 1.87. The summed E-state index contributed by atoms with van der Waals surface area (Å²) in [5, 5.41) is 0. The van der Waals surface area contributed by atoms with Crippen LogP contribution in [0.2, 0.25) is 0 Å². The Morgan fingerprint density at radius 1 is 1.33 bits per heavy atom. The molecule has 1 saturated carbocycles. The van der Waals surface area contributed by atoms with Gasteiger partial charge >= 0.3 is 6.18 Å². The molecule has 0 aromatic carbocycles. The maximum atomic E-state index is 12.6. The Kier molecular flexibility index (Phi) is 1.90. The maximum Gasteiger partial charge on any atom is 0.420 e. The van der Waals surface area contributed by atoms with Crippen molar-refractivity contribution in [3.8, 4) is 0 Å². The van der Waals surface area contributed by atoms with E-state index in [0.717, 1.165) is 0 Å². The number of alkyl halides is 4. The van der Waals surface area contributed by atoms with Gasteiger partial charge in [-0.2, -0.15) is 13.2 Å². The van der Waals surface area contributed by atoms with Crippen LogP contribution in [0, 0.1) is 11.3 Å². The van der Waals surface area contributed by atoms with Gasteiger partial charge in [0.25, 0.3) is 0 Å². The van der Waals surface area contributed by atoms with Crippen molar-refractivity contribution in [2.45, 2.75) is 32.2 Å². The summed E-state index contributed by atoms with van der Waals surface area (Å²) in [7, 11) is 0. The minimum atomic E-state index is -4.77. The van der Waals surface area contributed by atoms with Crippen LogP contribution in [-0.4, -0.2) is 18.4 Å². The first kappa shape index (κ1) is 9.77. The summed E-state index contributed by atoms with van der Waals surface area (Å²) in [6.07, 6.45) is -7.54. The van der Waals surface area contributed by atoms with Gasteiger partial charge in [-0.1, -0.05) is 13.8 Å². The number of hydrogen-bond donors (Lipinski definition) is 1. The van der Waals surface area contributed by atoms with Crippen molar-refractivity contribution in [2.24, 2.45) is 17.1 Å². The minimum absolute atomic E-state index is 0.672. The molecule has 1 aliphatic carbocycles. The first-order valence-electron chi connectivity index (χ1n) is 3.65. The first-order valence-corrected chi connectivity index (χ1v) is 3.65. The van der Waals surface area contributed by atoms with E-state index in [0.29, 0.717) is 0 Å². The standard InChI is InChI=1S/C7H11F4N/c1-6(2)3(5(6)12)4(8)7(9,10)11/h3-5H,12H2,1-2H3. The van der Waals surface area contributed by atoms with Crippen LogP contribution < -0.4 is 5.73 Å². The van der Waals surface area contributed by atoms with Crippen molar-refractivity contribution >= 4 is 0 Å². The molecule has 3 unspecified atom stereocenters. The summed E-state index contributed by atoms with van der Waals surface area (Å²) >= 11 is 0. The second kappa shape index (κ2) is 2.34. The summed E-state index contributed by atoms with van der Waals surface area (Å²) in [4.78, 5) is 0. The molecule has 1 fully saturated rings. The number of halogens is 4. The molecular formula is C7H11F4N. The molecule has 0 spiro atoms. The maximum absolute atomic E-state index is 12.6. The summed E-state index contributed by atoms with van der Waals surface area (Å²) < 4.78 is 48.1. The Labute approximate surface area is 67.9 Å². The lowest BCUT2D eigenvalue weighted by Crippen LogP contribution is -2.29. The molecule has 2 N–H and O–H groups in total. The Balaban J connectivity index is 2.64. The van der Waals surface area contributed by atoms with Crippen LogP contribution in [0.5, 0.6) is 0 Å². The average Bonchev–Trinajstić information content (AvgIpc) is 2.30. The summed E-state index contributed by atoms with van der Waals surface area (Å²) in [5.74, 6) is -1.07. The molecule has 5 heteroatoms. The van der Waals surface area contributed by atoms with Crippen LogP contribution in [0.3, 0.4) is 0 Å². The van der Waals surface area contributed by atoms with E-state index in [4.69, 9.17) is 5.73 Å². The molecule has 0 amide bonds. The molecule has 0 aliphatic heterocycles. The molecule has 3 atom stereocenters. The largest absolute Gasteiger partial charge is 0.420 e. The fourth-order valence-electron chi connectivity index (χ4n) is 1.48. The molecule has 12 heavy (non-hydrogen) atoms. The van der Waals surface area contributed by atoms with Gasteiger partial charge in [0.2, 0.25) is 0 Å². The van der Waals surface area contributed by atoms with Crippen molar-refractivity contribution in [1.82, 2.24) is 0 Å². The van der Waals surface area contributed by atoms with Gasteiger partial charge in [0.15, 0.2) is 6.17 Å². The minimum Gasteiger partial charge on any atom is -0.327 e. The Bertz CT molecular complexity index is 176. The quantitative estimate of drug-likeness (QED) is 0.620. The summed E-state index contributed by atoms with van der Waals surface area (Å²) in [6.45, 7) is 3.08. The van der Waals surface area contributed by atoms with Gasteiger partial charge < -0.3 is 5.73 Å². The summed E-state index contributed by atoms with van der Waals surface area (Å²) in [5.41, 5.74) is 4.59. The molecule has 1 rings (SSSR count). The van der Waals surface area contributed by atoms with E-state index in [9.17, 15) is 17.6 Å². The zero-order valence-electron chi connectivity index (χ0n) is 6.82. The highest BCUT2D eigenvalue weighted by Crippen LogP contribution is 2.56. The van der Waals surface area contributed by atoms with Crippen LogP contribution in [0.15, 0.2) is 0 Å². The van der Waals surface area contributed by atoms with Crippen LogP contribution in [0.1, 0.15) is 13.8 Å². The van der Waals surface area contributed by atoms with Gasteiger partial charge in [-0.05, 0) is 5.41 Å². The van der Waals surface area contributed by atoms with Crippen molar-refractivity contribution in [3.05, 3.63) is 0 Å². The Morgan fingerprint density at radius 3 is 1.75 bits per heavy atom. The third-order valence-corrected chi connectivity index (χ3v) is 2.62. The van der Waals surface area contributed by atoms with Gasteiger partial charge in [-0.15, -0.1) is 0 Å². The van der Waals surface area contributed by atoms with Crippen LogP contribution in [0.4, 0.5) is 17.6 Å². The van der Waals surface area contributed by atoms with E-state index < -0.39 is 29.7 Å². The highest BCUT2D eigenvalue weighted by molar-refractivity contribution is 5.13. The van der Waals surface area contributed by atoms with E-state index in [2.05, 4.69) is 0 Å². The van der Waals surface area contributed by atoms with E-state index >= 15 is 0 Å². The van der Waals surface area contributed by atoms with Crippen molar-refractivity contribution < 1.29 is 17.6 Å². The molecule has 0 bridgehead atoms. The fraction of sp³-hybridized carbons (Fsp3) is 1.00. The van der Waals surface area contributed by atoms with Crippen molar-refractivity contribution in [2.75, 3.05) is 0 Å². The molecule has 0 heterocycles. The Hall–Kier alpha value is -0.320. The number of rotatable bonds is 1. The van der Waals surface area contributed by atoms with Gasteiger partial charge in [0.05, 0.1) is 0 Å². The highest BCUT2D eigenvalue weighted by Gasteiger charge is 2.65. The second-order valence-electron chi connectivity index (χ2n) is 3.82. The predicted molar refractivity (Wildman–Crippen MR) is 36.2 cm³/mol. The van der Waals surface area contributed by atoms with Gasteiger partial charge in [-0.3, -0.25) is 0 Å². The lowest BCUT2D eigenvalue weighted by molar-refractivity contribution is -0.188. The fourth-order valence-corrected chi connectivity index (χ4v) is 1.48. The van der Waals surface area contributed by atoms with Crippen LogP contribution >= 0.6 is 0 Å². The highest BCUT2D eigenvalue weighted by atomic mass is 19.4. The van der Waals surface area contributed by atoms with E-state index in [-0.39, 0.29) is 0 Å². The first-order chi connectivity index (χ1) is 5.19. The third-order valence-electron chi connectivity index (χ3n) is 2.62. The zero-order valence-corrected chi connectivity index (χ0v) is 6.82. The average molecular weight is 185 g/mol. The summed E-state index contributed by atoms with van der Waals surface area (Å²) in [6, 6.07) is -0.672. The molecule has 0 aromatic heterocycles. The van der Waals surface area contributed by atoms with E-state index in [1.165, 1.54) is 0 Å². The van der Waals surface area contributed by atoms with Gasteiger partial charge in [0, 0.05) is 12.0 Å². The smallest absolute Gasteiger partial charge is 0.327 e. The van der Waals surface area contributed by atoms with E-state index in [1.54, 1.807) is 13.8 Å². The molecule has 1 aliphatic rings. The van der Waals surface area contributed by atoms with Crippen LogP contribution in [0.25, 0.3) is 0 Å². The monoisotopic (exact) mass is 185 g/mol. The van der Waals surface area contributed by atoms with E-state index in [1.807, 2.05) is 0 Å². The van der Waals surface area contributed by atoms with Gasteiger partial charge in [-0.25, -0.2) is 4.39 Å². The number of nitrogens with two attached hydrogens (primary N) is 1. The lowest BCUT2D eigenvalue weighted by Gasteiger charge is -2.12. The molecule has 1 nitrogen and oxygen atoms in total. The zero-order chi connectivity index (χ0) is 9.73. The van der Waals surface area contributed by atoms with Crippen LogP contribution in [-0.2, 0) is 0 Å². The molecule has 0 aromatic rings. The molecule has 0 radical (unpaired) electrons. The molecule has 0 saturated heterocycles. The third kappa shape index (κ3) is 1.30. The normalized spacial score (nSPS) is 36.2. The number of hydrogen-bond acceptors (Lipinski definition) is 1. The van der Waals surface area contributed by atoms with Crippen molar-refractivity contribution in [1.29, 1.82) is 0 Å². The molecular weight excluding hydrogens is 174 g/mol. The lowest BCUT2D eigenvalue weighted by atomic mass is 10.1. The SMILES string of the molecule is CC1(C)C(N)C1C(F)C(F)(F)F. The Morgan fingerprint density at radius 2 is 1.67 bits per heavy atom. The van der Waals surface area contributed by atoms with Gasteiger partial charge in [0.1, 0.15) is 0 Å².